The van der Waals surface area contributed by atoms with Crippen LogP contribution in [-0.2, 0) is 19.6 Å². The minimum absolute atomic E-state index is 0.0285. The Morgan fingerprint density at radius 3 is 2.59 bits per heavy atom. The van der Waals surface area contributed by atoms with E-state index in [1.165, 1.54) is 10.7 Å². The summed E-state index contributed by atoms with van der Waals surface area (Å²) in [7, 11) is -3.62. The molecule has 3 fully saturated rings. The maximum absolute atomic E-state index is 13.3. The summed E-state index contributed by atoms with van der Waals surface area (Å²) in [6, 6.07) is 7.25. The quantitative estimate of drug-likeness (QED) is 0.813. The lowest BCUT2D eigenvalue weighted by Gasteiger charge is -2.38. The van der Waals surface area contributed by atoms with Crippen LogP contribution in [0, 0.1) is 18.3 Å². The maximum Gasteiger partial charge on any atom is 0.243 e. The molecule has 1 aromatic carbocycles. The Kier molecular flexibility index (Phi) is 6.00. The van der Waals surface area contributed by atoms with E-state index in [4.69, 9.17) is 4.74 Å². The minimum atomic E-state index is -3.62. The van der Waals surface area contributed by atoms with E-state index in [9.17, 15) is 13.2 Å². The van der Waals surface area contributed by atoms with Gasteiger partial charge in [-0.2, -0.15) is 4.31 Å². The number of nitrogens with one attached hydrogen (secondary N) is 1. The van der Waals surface area contributed by atoms with Gasteiger partial charge in [0.2, 0.25) is 15.9 Å². The van der Waals surface area contributed by atoms with Crippen LogP contribution in [0.1, 0.15) is 50.5 Å². The van der Waals surface area contributed by atoms with Gasteiger partial charge in [-0.25, -0.2) is 8.42 Å². The first-order chi connectivity index (χ1) is 13.9. The highest BCUT2D eigenvalue weighted by molar-refractivity contribution is 7.89. The third-order valence-electron chi connectivity index (χ3n) is 7.00. The van der Waals surface area contributed by atoms with E-state index in [0.717, 1.165) is 44.1 Å². The number of rotatable bonds is 4. The predicted molar refractivity (Wildman–Crippen MR) is 111 cm³/mol. The second-order valence-electron chi connectivity index (χ2n) is 8.98. The van der Waals surface area contributed by atoms with Gasteiger partial charge in [0.15, 0.2) is 0 Å². The molecule has 160 valence electrons. The molecule has 2 heterocycles. The van der Waals surface area contributed by atoms with E-state index in [1.807, 2.05) is 13.0 Å². The Hall–Kier alpha value is -1.44. The molecule has 1 unspecified atom stereocenters. The molecule has 29 heavy (non-hydrogen) atoms. The SMILES string of the molecule is Cc1cccc(S(=O)(=O)N2CC(C(=O)NC3CCCCC3)C3(CCOCC3)C2)c1. The van der Waals surface area contributed by atoms with Crippen molar-refractivity contribution in [1.82, 2.24) is 9.62 Å². The van der Waals surface area contributed by atoms with Gasteiger partial charge in [0.05, 0.1) is 10.8 Å². The second kappa shape index (κ2) is 8.36. The van der Waals surface area contributed by atoms with Crippen LogP contribution in [0.15, 0.2) is 29.2 Å². The molecule has 0 aromatic heterocycles. The molecule has 4 rings (SSSR count). The smallest absolute Gasteiger partial charge is 0.243 e. The van der Waals surface area contributed by atoms with Gasteiger partial charge in [0.1, 0.15) is 0 Å². The highest BCUT2D eigenvalue weighted by Gasteiger charge is 2.53. The molecule has 6 nitrogen and oxygen atoms in total. The van der Waals surface area contributed by atoms with Crippen molar-refractivity contribution in [3.05, 3.63) is 29.8 Å². The topological polar surface area (TPSA) is 75.7 Å². The lowest BCUT2D eigenvalue weighted by molar-refractivity contribution is -0.130. The van der Waals surface area contributed by atoms with Crippen LogP contribution in [0.4, 0.5) is 0 Å². The van der Waals surface area contributed by atoms with E-state index in [1.54, 1.807) is 18.2 Å². The molecular formula is C22H32N2O4S. The third-order valence-corrected chi connectivity index (χ3v) is 8.81. The van der Waals surface area contributed by atoms with E-state index in [2.05, 4.69) is 5.32 Å². The Bertz CT molecular complexity index is 842. The van der Waals surface area contributed by atoms with Crippen molar-refractivity contribution in [2.75, 3.05) is 26.3 Å². The summed E-state index contributed by atoms with van der Waals surface area (Å²) in [6.07, 6.45) is 7.06. The lowest BCUT2D eigenvalue weighted by Crippen LogP contribution is -2.47. The number of nitrogens with zero attached hydrogens (tertiary/aromatic N) is 1. The zero-order valence-corrected chi connectivity index (χ0v) is 18.0. The monoisotopic (exact) mass is 420 g/mol. The number of benzene rings is 1. The molecule has 2 aliphatic heterocycles. The van der Waals surface area contributed by atoms with Crippen LogP contribution in [0.2, 0.25) is 0 Å². The molecular weight excluding hydrogens is 388 g/mol. The van der Waals surface area contributed by atoms with E-state index < -0.39 is 10.0 Å². The van der Waals surface area contributed by atoms with Gasteiger partial charge < -0.3 is 10.1 Å². The van der Waals surface area contributed by atoms with Gasteiger partial charge in [-0.15, -0.1) is 0 Å². The molecule has 1 N–H and O–H groups in total. The van der Waals surface area contributed by atoms with Crippen molar-refractivity contribution in [3.8, 4) is 0 Å². The largest absolute Gasteiger partial charge is 0.381 e. The number of aryl methyl sites for hydroxylation is 1. The van der Waals surface area contributed by atoms with E-state index >= 15 is 0 Å². The standard InChI is InChI=1S/C22H32N2O4S/c1-17-6-5-9-19(14-17)29(26,27)24-15-20(22(16-24)10-12-28-13-11-22)21(25)23-18-7-3-2-4-8-18/h5-6,9,14,18,20H,2-4,7-8,10-13,15-16H2,1H3,(H,23,25). The summed E-state index contributed by atoms with van der Waals surface area (Å²) in [5, 5.41) is 3.25. The van der Waals surface area contributed by atoms with Crippen LogP contribution in [0.3, 0.4) is 0 Å². The fourth-order valence-corrected chi connectivity index (χ4v) is 6.88. The van der Waals surface area contributed by atoms with Crippen molar-refractivity contribution in [1.29, 1.82) is 0 Å². The number of hydrogen-bond donors (Lipinski definition) is 1. The first-order valence-corrected chi connectivity index (χ1v) is 12.3. The highest BCUT2D eigenvalue weighted by atomic mass is 32.2. The Labute approximate surface area is 174 Å². The summed E-state index contributed by atoms with van der Waals surface area (Å²) in [6.45, 7) is 3.73. The number of carbonyl (C=O) groups excluding carboxylic acids is 1. The van der Waals surface area contributed by atoms with Crippen LogP contribution in [0.25, 0.3) is 0 Å². The van der Waals surface area contributed by atoms with Gasteiger partial charge in [-0.3, -0.25) is 4.79 Å². The molecule has 2 saturated heterocycles. The molecule has 1 aromatic rings. The summed E-state index contributed by atoms with van der Waals surface area (Å²) in [5.41, 5.74) is 0.589. The Morgan fingerprint density at radius 1 is 1.17 bits per heavy atom. The first-order valence-electron chi connectivity index (χ1n) is 10.9. The number of amides is 1. The summed E-state index contributed by atoms with van der Waals surface area (Å²) in [4.78, 5) is 13.6. The van der Waals surface area contributed by atoms with Crippen LogP contribution < -0.4 is 5.32 Å². The summed E-state index contributed by atoms with van der Waals surface area (Å²) >= 11 is 0. The molecule has 1 spiro atoms. The zero-order chi connectivity index (χ0) is 20.5. The lowest BCUT2D eigenvalue weighted by atomic mass is 9.71. The number of carbonyl (C=O) groups is 1. The number of sulfonamides is 1. The van der Waals surface area contributed by atoms with Gasteiger partial charge in [0, 0.05) is 37.8 Å². The molecule has 1 aliphatic carbocycles. The van der Waals surface area contributed by atoms with Gasteiger partial charge in [-0.05, 0) is 50.3 Å². The Morgan fingerprint density at radius 2 is 1.90 bits per heavy atom. The fraction of sp³-hybridized carbons (Fsp3) is 0.682. The van der Waals surface area contributed by atoms with Crippen molar-refractivity contribution in [2.24, 2.45) is 11.3 Å². The average Bonchev–Trinajstić information content (AvgIpc) is 3.09. The minimum Gasteiger partial charge on any atom is -0.381 e. The normalized spacial score (nSPS) is 25.9. The van der Waals surface area contributed by atoms with Gasteiger partial charge in [0.25, 0.3) is 0 Å². The molecule has 0 radical (unpaired) electrons. The van der Waals surface area contributed by atoms with Crippen LogP contribution in [0.5, 0.6) is 0 Å². The van der Waals surface area contributed by atoms with E-state index in [0.29, 0.717) is 24.7 Å². The first kappa shape index (κ1) is 20.8. The molecule has 0 bridgehead atoms. The average molecular weight is 421 g/mol. The predicted octanol–water partition coefficient (Wildman–Crippen LogP) is 2.86. The molecule has 1 amide bonds. The number of ether oxygens (including phenoxy) is 1. The molecule has 1 saturated carbocycles. The van der Waals surface area contributed by atoms with Gasteiger partial charge >= 0.3 is 0 Å². The van der Waals surface area contributed by atoms with Crippen molar-refractivity contribution >= 4 is 15.9 Å². The van der Waals surface area contributed by atoms with Crippen LogP contribution in [-0.4, -0.2) is 51.0 Å². The third kappa shape index (κ3) is 4.23. The number of hydrogen-bond acceptors (Lipinski definition) is 4. The molecule has 1 atom stereocenters. The highest BCUT2D eigenvalue weighted by Crippen LogP contribution is 2.46. The fourth-order valence-electron chi connectivity index (χ4n) is 5.23. The second-order valence-corrected chi connectivity index (χ2v) is 10.9. The van der Waals surface area contributed by atoms with Crippen LogP contribution >= 0.6 is 0 Å². The Balaban J connectivity index is 1.57. The van der Waals surface area contributed by atoms with E-state index in [-0.39, 0.29) is 29.8 Å². The zero-order valence-electron chi connectivity index (χ0n) is 17.2. The van der Waals surface area contributed by atoms with Crippen molar-refractivity contribution < 1.29 is 17.9 Å². The molecule has 3 aliphatic rings. The van der Waals surface area contributed by atoms with Gasteiger partial charge in [-0.1, -0.05) is 31.4 Å². The molecule has 7 heteroatoms. The van der Waals surface area contributed by atoms with Crippen molar-refractivity contribution in [3.63, 3.8) is 0 Å². The summed E-state index contributed by atoms with van der Waals surface area (Å²) < 4.78 is 33.8. The van der Waals surface area contributed by atoms with Crippen molar-refractivity contribution in [2.45, 2.75) is 62.8 Å². The maximum atomic E-state index is 13.3. The summed E-state index contributed by atoms with van der Waals surface area (Å²) in [5.74, 6) is -0.284.